The number of halogens is 4. The molecule has 0 heterocycles. The van der Waals surface area contributed by atoms with Gasteiger partial charge in [0.2, 0.25) is 0 Å². The van der Waals surface area contributed by atoms with Gasteiger partial charge in [-0.2, -0.15) is 0 Å². The summed E-state index contributed by atoms with van der Waals surface area (Å²) in [6.45, 7) is 1.59. The summed E-state index contributed by atoms with van der Waals surface area (Å²) in [6.07, 6.45) is -4.70. The minimum atomic E-state index is -4.70. The molecule has 1 atom stereocenters. The van der Waals surface area contributed by atoms with Gasteiger partial charge >= 0.3 is 6.36 Å². The largest absolute Gasteiger partial charge is 0.573 e. The SMILES string of the molecule is C[C@H](N)c1cc(Br)ccc1OC(F)(F)F. The first-order valence-corrected chi connectivity index (χ1v) is 4.89. The first-order valence-electron chi connectivity index (χ1n) is 4.10. The van der Waals surface area contributed by atoms with E-state index in [1.807, 2.05) is 0 Å². The lowest BCUT2D eigenvalue weighted by Gasteiger charge is -2.15. The Morgan fingerprint density at radius 1 is 1.40 bits per heavy atom. The number of benzene rings is 1. The van der Waals surface area contributed by atoms with E-state index in [0.717, 1.165) is 0 Å². The Morgan fingerprint density at radius 2 is 2.00 bits per heavy atom. The maximum absolute atomic E-state index is 12.0. The molecule has 6 heteroatoms. The van der Waals surface area contributed by atoms with E-state index in [0.29, 0.717) is 10.0 Å². The van der Waals surface area contributed by atoms with Gasteiger partial charge in [-0.05, 0) is 25.1 Å². The van der Waals surface area contributed by atoms with E-state index in [4.69, 9.17) is 5.73 Å². The highest BCUT2D eigenvalue weighted by molar-refractivity contribution is 9.10. The molecule has 0 unspecified atom stereocenters. The average molecular weight is 284 g/mol. The van der Waals surface area contributed by atoms with E-state index < -0.39 is 12.4 Å². The van der Waals surface area contributed by atoms with Crippen LogP contribution in [0, 0.1) is 0 Å². The van der Waals surface area contributed by atoms with E-state index in [2.05, 4.69) is 20.7 Å². The van der Waals surface area contributed by atoms with Crippen LogP contribution >= 0.6 is 15.9 Å². The second kappa shape index (κ2) is 4.40. The average Bonchev–Trinajstić information content (AvgIpc) is 2.05. The minimum Gasteiger partial charge on any atom is -0.405 e. The molecule has 0 saturated carbocycles. The molecule has 0 fully saturated rings. The van der Waals surface area contributed by atoms with E-state index in [-0.39, 0.29) is 5.75 Å². The van der Waals surface area contributed by atoms with Crippen LogP contribution in [-0.4, -0.2) is 6.36 Å². The lowest BCUT2D eigenvalue weighted by atomic mass is 10.1. The Hall–Kier alpha value is -0.750. The quantitative estimate of drug-likeness (QED) is 0.903. The molecule has 0 aromatic heterocycles. The third-order valence-corrected chi connectivity index (χ3v) is 2.18. The highest BCUT2D eigenvalue weighted by Crippen LogP contribution is 2.31. The maximum atomic E-state index is 12.0. The Morgan fingerprint density at radius 3 is 2.47 bits per heavy atom. The number of ether oxygens (including phenoxy) is 1. The van der Waals surface area contributed by atoms with Crippen LogP contribution in [0.15, 0.2) is 22.7 Å². The van der Waals surface area contributed by atoms with E-state index in [1.54, 1.807) is 6.92 Å². The lowest BCUT2D eigenvalue weighted by Crippen LogP contribution is -2.19. The zero-order valence-corrected chi connectivity index (χ0v) is 9.39. The number of hydrogen-bond donors (Lipinski definition) is 1. The van der Waals surface area contributed by atoms with Crippen molar-refractivity contribution < 1.29 is 17.9 Å². The normalized spacial score (nSPS) is 13.7. The van der Waals surface area contributed by atoms with Gasteiger partial charge in [-0.25, -0.2) is 0 Å². The molecule has 0 bridgehead atoms. The molecule has 2 nitrogen and oxygen atoms in total. The van der Waals surface area contributed by atoms with Crippen LogP contribution in [0.3, 0.4) is 0 Å². The molecule has 0 radical (unpaired) electrons. The second-order valence-electron chi connectivity index (χ2n) is 3.02. The molecule has 0 aliphatic carbocycles. The molecule has 0 aliphatic heterocycles. The molecule has 2 N–H and O–H groups in total. The maximum Gasteiger partial charge on any atom is 0.573 e. The van der Waals surface area contributed by atoms with Crippen LogP contribution in [0.1, 0.15) is 18.5 Å². The molecule has 0 amide bonds. The fourth-order valence-corrected chi connectivity index (χ4v) is 1.47. The van der Waals surface area contributed by atoms with Crippen molar-refractivity contribution in [2.45, 2.75) is 19.3 Å². The van der Waals surface area contributed by atoms with Gasteiger partial charge in [0.15, 0.2) is 0 Å². The zero-order chi connectivity index (χ0) is 11.6. The third kappa shape index (κ3) is 3.71. The number of alkyl halides is 3. The summed E-state index contributed by atoms with van der Waals surface area (Å²) < 4.78 is 40.5. The predicted octanol–water partition coefficient (Wildman–Crippen LogP) is 3.37. The minimum absolute atomic E-state index is 0.263. The van der Waals surface area contributed by atoms with Crippen molar-refractivity contribution in [2.24, 2.45) is 5.73 Å². The van der Waals surface area contributed by atoms with Crippen molar-refractivity contribution >= 4 is 15.9 Å². The van der Waals surface area contributed by atoms with Crippen LogP contribution in [-0.2, 0) is 0 Å². The Bertz CT molecular complexity index is 352. The van der Waals surface area contributed by atoms with Gasteiger partial charge in [0, 0.05) is 16.1 Å². The van der Waals surface area contributed by atoms with E-state index >= 15 is 0 Å². The summed E-state index contributed by atoms with van der Waals surface area (Å²) in [4.78, 5) is 0. The van der Waals surface area contributed by atoms with Crippen molar-refractivity contribution in [2.75, 3.05) is 0 Å². The van der Waals surface area contributed by atoms with Crippen LogP contribution in [0.25, 0.3) is 0 Å². The van der Waals surface area contributed by atoms with Crippen molar-refractivity contribution in [1.29, 1.82) is 0 Å². The van der Waals surface area contributed by atoms with Crippen molar-refractivity contribution in [3.63, 3.8) is 0 Å². The van der Waals surface area contributed by atoms with Crippen LogP contribution in [0.5, 0.6) is 5.75 Å². The summed E-state index contributed by atoms with van der Waals surface area (Å²) in [7, 11) is 0. The first kappa shape index (κ1) is 12.3. The Balaban J connectivity index is 3.06. The van der Waals surface area contributed by atoms with E-state index in [9.17, 15) is 13.2 Å². The number of hydrogen-bond acceptors (Lipinski definition) is 2. The van der Waals surface area contributed by atoms with Gasteiger partial charge in [-0.15, -0.1) is 13.2 Å². The molecular weight excluding hydrogens is 275 g/mol. The lowest BCUT2D eigenvalue weighted by molar-refractivity contribution is -0.274. The van der Waals surface area contributed by atoms with Crippen molar-refractivity contribution in [3.8, 4) is 5.75 Å². The van der Waals surface area contributed by atoms with Crippen molar-refractivity contribution in [3.05, 3.63) is 28.2 Å². The summed E-state index contributed by atoms with van der Waals surface area (Å²) >= 11 is 3.15. The van der Waals surface area contributed by atoms with Crippen LogP contribution < -0.4 is 10.5 Å². The third-order valence-electron chi connectivity index (χ3n) is 1.69. The van der Waals surface area contributed by atoms with Gasteiger partial charge in [-0.1, -0.05) is 15.9 Å². The smallest absolute Gasteiger partial charge is 0.405 e. The van der Waals surface area contributed by atoms with Gasteiger partial charge in [-0.3, -0.25) is 0 Å². The summed E-state index contributed by atoms with van der Waals surface area (Å²) in [5.74, 6) is -0.263. The van der Waals surface area contributed by atoms with Gasteiger partial charge < -0.3 is 10.5 Å². The summed E-state index contributed by atoms with van der Waals surface area (Å²) in [6, 6.07) is 3.68. The standard InChI is InChI=1S/C9H9BrF3NO/c1-5(14)7-4-6(10)2-3-8(7)15-9(11,12)13/h2-5H,14H2,1H3/t5-/m0/s1. The Kier molecular flexibility index (Phi) is 3.62. The number of nitrogens with two attached hydrogens (primary N) is 1. The van der Waals surface area contributed by atoms with Gasteiger partial charge in [0.05, 0.1) is 0 Å². The van der Waals surface area contributed by atoms with Gasteiger partial charge in [0.25, 0.3) is 0 Å². The van der Waals surface area contributed by atoms with Crippen LogP contribution in [0.4, 0.5) is 13.2 Å². The molecular formula is C9H9BrF3NO. The van der Waals surface area contributed by atoms with Crippen molar-refractivity contribution in [1.82, 2.24) is 0 Å². The highest BCUT2D eigenvalue weighted by atomic mass is 79.9. The predicted molar refractivity (Wildman–Crippen MR) is 53.4 cm³/mol. The van der Waals surface area contributed by atoms with E-state index in [1.165, 1.54) is 18.2 Å². The number of rotatable bonds is 2. The molecule has 1 rings (SSSR count). The molecule has 1 aromatic carbocycles. The topological polar surface area (TPSA) is 35.2 Å². The molecule has 0 saturated heterocycles. The first-order chi connectivity index (χ1) is 6.79. The summed E-state index contributed by atoms with van der Waals surface area (Å²) in [5.41, 5.74) is 5.84. The summed E-state index contributed by atoms with van der Waals surface area (Å²) in [5, 5.41) is 0. The fraction of sp³-hybridized carbons (Fsp3) is 0.333. The van der Waals surface area contributed by atoms with Gasteiger partial charge in [0.1, 0.15) is 5.75 Å². The molecule has 15 heavy (non-hydrogen) atoms. The molecule has 1 aromatic rings. The second-order valence-corrected chi connectivity index (χ2v) is 3.93. The molecule has 0 spiro atoms. The zero-order valence-electron chi connectivity index (χ0n) is 7.81. The molecule has 84 valence electrons. The highest BCUT2D eigenvalue weighted by Gasteiger charge is 2.32. The fourth-order valence-electron chi connectivity index (χ4n) is 1.09. The Labute approximate surface area is 93.3 Å². The monoisotopic (exact) mass is 283 g/mol. The van der Waals surface area contributed by atoms with Crippen LogP contribution in [0.2, 0.25) is 0 Å². The molecule has 0 aliphatic rings.